The average Bonchev–Trinajstić information content (AvgIpc) is 2.55. The van der Waals surface area contributed by atoms with Crippen molar-refractivity contribution in [3.8, 4) is 11.3 Å². The highest BCUT2D eigenvalue weighted by Gasteiger charge is 2.09. The van der Waals surface area contributed by atoms with Crippen molar-refractivity contribution < 1.29 is 0 Å². The molecule has 4 aromatic rings. The van der Waals surface area contributed by atoms with Crippen LogP contribution < -0.4 is 0 Å². The van der Waals surface area contributed by atoms with Crippen LogP contribution in [0.2, 0.25) is 5.02 Å². The predicted octanol–water partition coefficient (Wildman–Crippen LogP) is 5.10. The van der Waals surface area contributed by atoms with Gasteiger partial charge < -0.3 is 0 Å². The number of halogens is 1. The third-order valence-electron chi connectivity index (χ3n) is 3.57. The second-order valence-electron chi connectivity index (χ2n) is 4.89. The van der Waals surface area contributed by atoms with E-state index in [2.05, 4.69) is 4.98 Å². The summed E-state index contributed by atoms with van der Waals surface area (Å²) in [6.45, 7) is 0. The molecule has 2 nitrogen and oxygen atoms in total. The lowest BCUT2D eigenvalue weighted by Crippen LogP contribution is -1.89. The van der Waals surface area contributed by atoms with E-state index in [1.54, 1.807) is 6.20 Å². The van der Waals surface area contributed by atoms with E-state index in [0.29, 0.717) is 5.02 Å². The van der Waals surface area contributed by atoms with Crippen LogP contribution in [0.25, 0.3) is 33.1 Å². The molecule has 0 atom stereocenters. The maximum absolute atomic E-state index is 6.44. The lowest BCUT2D eigenvalue weighted by atomic mass is 10.1. The van der Waals surface area contributed by atoms with E-state index in [-0.39, 0.29) is 0 Å². The first-order chi connectivity index (χ1) is 10.3. The monoisotopic (exact) mass is 290 g/mol. The lowest BCUT2D eigenvalue weighted by Gasteiger charge is -2.07. The molecule has 0 unspecified atom stereocenters. The fraction of sp³-hybridized carbons (Fsp3) is 0. The Bertz CT molecular complexity index is 949. The summed E-state index contributed by atoms with van der Waals surface area (Å²) < 4.78 is 0. The summed E-state index contributed by atoms with van der Waals surface area (Å²) in [7, 11) is 0. The summed E-state index contributed by atoms with van der Waals surface area (Å²) in [6, 6.07) is 19.9. The van der Waals surface area contributed by atoms with Crippen LogP contribution in [0.15, 0.2) is 66.9 Å². The Morgan fingerprint density at radius 2 is 1.67 bits per heavy atom. The molecule has 4 rings (SSSR count). The molecule has 0 bridgehead atoms. The molecular weight excluding hydrogens is 280 g/mol. The molecule has 0 aliphatic carbocycles. The SMILES string of the molecule is Clc1cc(-c2ccccc2)nc2c1ccc1cccnc12. The van der Waals surface area contributed by atoms with Crippen LogP contribution in [-0.2, 0) is 0 Å². The van der Waals surface area contributed by atoms with E-state index >= 15 is 0 Å². The second-order valence-corrected chi connectivity index (χ2v) is 5.30. The number of rotatable bonds is 1. The lowest BCUT2D eigenvalue weighted by molar-refractivity contribution is 1.37. The van der Waals surface area contributed by atoms with Crippen molar-refractivity contribution in [2.45, 2.75) is 0 Å². The smallest absolute Gasteiger partial charge is 0.0987 e. The molecule has 2 heterocycles. The Morgan fingerprint density at radius 1 is 0.810 bits per heavy atom. The third kappa shape index (κ3) is 2.05. The summed E-state index contributed by atoms with van der Waals surface area (Å²) in [5.74, 6) is 0. The van der Waals surface area contributed by atoms with Crippen molar-refractivity contribution in [1.82, 2.24) is 9.97 Å². The first-order valence-corrected chi connectivity index (χ1v) is 7.10. The van der Waals surface area contributed by atoms with Crippen molar-refractivity contribution in [2.24, 2.45) is 0 Å². The van der Waals surface area contributed by atoms with E-state index < -0.39 is 0 Å². The van der Waals surface area contributed by atoms with Crippen LogP contribution >= 0.6 is 11.6 Å². The molecule has 0 N–H and O–H groups in total. The summed E-state index contributed by atoms with van der Waals surface area (Å²) in [5.41, 5.74) is 3.65. The van der Waals surface area contributed by atoms with Crippen molar-refractivity contribution in [3.05, 3.63) is 71.9 Å². The Kier molecular flexibility index (Phi) is 2.83. The van der Waals surface area contributed by atoms with Crippen LogP contribution in [0.5, 0.6) is 0 Å². The Labute approximate surface area is 127 Å². The van der Waals surface area contributed by atoms with Gasteiger partial charge in [-0.15, -0.1) is 0 Å². The van der Waals surface area contributed by atoms with Gasteiger partial charge in [0.25, 0.3) is 0 Å². The molecule has 0 aliphatic heterocycles. The molecule has 0 fully saturated rings. The number of aromatic nitrogens is 2. The van der Waals surface area contributed by atoms with E-state index in [1.165, 1.54) is 0 Å². The second kappa shape index (κ2) is 4.83. The highest BCUT2D eigenvalue weighted by Crippen LogP contribution is 2.31. The molecule has 100 valence electrons. The molecule has 3 heteroatoms. The number of pyridine rings is 2. The Balaban J connectivity index is 2.10. The van der Waals surface area contributed by atoms with E-state index in [0.717, 1.165) is 33.1 Å². The minimum Gasteiger partial charge on any atom is -0.254 e. The van der Waals surface area contributed by atoms with Crippen molar-refractivity contribution in [3.63, 3.8) is 0 Å². The zero-order chi connectivity index (χ0) is 14.2. The minimum atomic E-state index is 0.700. The van der Waals surface area contributed by atoms with Gasteiger partial charge in [-0.3, -0.25) is 4.98 Å². The number of nitrogens with zero attached hydrogens (tertiary/aromatic N) is 2. The Hall–Kier alpha value is -2.45. The molecule has 0 spiro atoms. The molecular formula is C18H11ClN2. The molecule has 0 saturated carbocycles. The van der Waals surface area contributed by atoms with Gasteiger partial charge in [0, 0.05) is 22.5 Å². The van der Waals surface area contributed by atoms with E-state index in [4.69, 9.17) is 16.6 Å². The highest BCUT2D eigenvalue weighted by atomic mass is 35.5. The van der Waals surface area contributed by atoms with Gasteiger partial charge in [-0.25, -0.2) is 4.98 Å². The largest absolute Gasteiger partial charge is 0.254 e. The first-order valence-electron chi connectivity index (χ1n) is 6.72. The molecule has 0 saturated heterocycles. The van der Waals surface area contributed by atoms with Crippen LogP contribution in [-0.4, -0.2) is 9.97 Å². The summed E-state index contributed by atoms with van der Waals surface area (Å²) in [5, 5.41) is 2.70. The third-order valence-corrected chi connectivity index (χ3v) is 3.88. The zero-order valence-electron chi connectivity index (χ0n) is 11.1. The summed E-state index contributed by atoms with van der Waals surface area (Å²) in [4.78, 5) is 9.25. The molecule has 2 aromatic heterocycles. The normalized spacial score (nSPS) is 11.1. The Morgan fingerprint density at radius 3 is 2.52 bits per heavy atom. The van der Waals surface area contributed by atoms with Gasteiger partial charge in [0.2, 0.25) is 0 Å². The van der Waals surface area contributed by atoms with Crippen molar-refractivity contribution in [1.29, 1.82) is 0 Å². The van der Waals surface area contributed by atoms with Gasteiger partial charge in [0.15, 0.2) is 0 Å². The maximum Gasteiger partial charge on any atom is 0.0987 e. The predicted molar refractivity (Wildman–Crippen MR) is 87.5 cm³/mol. The molecule has 2 aromatic carbocycles. The maximum atomic E-state index is 6.44. The van der Waals surface area contributed by atoms with Gasteiger partial charge >= 0.3 is 0 Å². The fourth-order valence-electron chi connectivity index (χ4n) is 2.54. The van der Waals surface area contributed by atoms with Gasteiger partial charge in [-0.1, -0.05) is 60.1 Å². The van der Waals surface area contributed by atoms with Crippen LogP contribution in [0.4, 0.5) is 0 Å². The number of hydrogen-bond donors (Lipinski definition) is 0. The van der Waals surface area contributed by atoms with Gasteiger partial charge in [-0.2, -0.15) is 0 Å². The van der Waals surface area contributed by atoms with Gasteiger partial charge in [0.1, 0.15) is 0 Å². The number of benzene rings is 2. The fourth-order valence-corrected chi connectivity index (χ4v) is 2.80. The topological polar surface area (TPSA) is 25.8 Å². The van der Waals surface area contributed by atoms with Crippen LogP contribution in [0, 0.1) is 0 Å². The van der Waals surface area contributed by atoms with Gasteiger partial charge in [0.05, 0.1) is 21.7 Å². The van der Waals surface area contributed by atoms with E-state index in [9.17, 15) is 0 Å². The average molecular weight is 291 g/mol. The quantitative estimate of drug-likeness (QED) is 0.456. The van der Waals surface area contributed by atoms with Crippen LogP contribution in [0.3, 0.4) is 0 Å². The standard InChI is InChI=1S/C18H11ClN2/c19-15-11-16(12-5-2-1-3-6-12)21-18-14(15)9-8-13-7-4-10-20-17(13)18/h1-11H. The molecule has 0 aliphatic rings. The zero-order valence-corrected chi connectivity index (χ0v) is 11.9. The minimum absolute atomic E-state index is 0.700. The van der Waals surface area contributed by atoms with E-state index in [1.807, 2.05) is 60.7 Å². The van der Waals surface area contributed by atoms with Crippen molar-refractivity contribution >= 4 is 33.4 Å². The number of fused-ring (bicyclic) bond motifs is 3. The number of hydrogen-bond acceptors (Lipinski definition) is 2. The summed E-state index contributed by atoms with van der Waals surface area (Å²) in [6.07, 6.45) is 1.78. The molecule has 0 radical (unpaired) electrons. The van der Waals surface area contributed by atoms with Crippen LogP contribution in [0.1, 0.15) is 0 Å². The first kappa shape index (κ1) is 12.3. The van der Waals surface area contributed by atoms with Crippen molar-refractivity contribution in [2.75, 3.05) is 0 Å². The van der Waals surface area contributed by atoms with Gasteiger partial charge in [-0.05, 0) is 12.1 Å². The molecule has 21 heavy (non-hydrogen) atoms. The molecule has 0 amide bonds. The summed E-state index contributed by atoms with van der Waals surface area (Å²) >= 11 is 6.44. The highest BCUT2D eigenvalue weighted by molar-refractivity contribution is 6.36.